The van der Waals surface area contributed by atoms with Gasteiger partial charge >= 0.3 is 11.9 Å². The fourth-order valence-electron chi connectivity index (χ4n) is 6.01. The zero-order valence-electron chi connectivity index (χ0n) is 38.2. The lowest BCUT2D eigenvalue weighted by molar-refractivity contribution is -0.870. The molecule has 0 bridgehead atoms. The summed E-state index contributed by atoms with van der Waals surface area (Å²) < 4.78 is 40.1. The van der Waals surface area contributed by atoms with E-state index in [0.717, 1.165) is 82.1 Å². The van der Waals surface area contributed by atoms with Crippen LogP contribution in [0.25, 0.3) is 0 Å². The van der Waals surface area contributed by atoms with E-state index in [0.29, 0.717) is 36.7 Å². The van der Waals surface area contributed by atoms with Crippen LogP contribution in [0, 0.1) is 13.8 Å². The van der Waals surface area contributed by atoms with Gasteiger partial charge in [0.25, 0.3) is 7.82 Å². The predicted octanol–water partition coefficient (Wildman–Crippen LogP) is 10.5. The van der Waals surface area contributed by atoms with Crippen LogP contribution < -0.4 is 4.89 Å². The first-order valence-electron chi connectivity index (χ1n) is 22.5. The molecule has 0 saturated carbocycles. The second kappa shape index (κ2) is 33.6. The molecule has 0 aliphatic heterocycles. The van der Waals surface area contributed by atoms with Gasteiger partial charge in [0, 0.05) is 25.7 Å². The number of carbonyl (C=O) groups excluding carboxylic acids is 2. The summed E-state index contributed by atoms with van der Waals surface area (Å²) in [5.41, 5.74) is 2.58. The summed E-state index contributed by atoms with van der Waals surface area (Å²) in [6, 6.07) is 0. The SMILES string of the molecule is CC/C=C\C(O)C/C=C/C=C\C/C=C\C/C=C\CCCC(=O)OC[C@H](COP(=O)([O-])OCC[N+](C)(C)C)OC(=O)CCCCCCCCc1oc(CCCCC)c(C)c1C. The van der Waals surface area contributed by atoms with Gasteiger partial charge in [0.2, 0.25) is 0 Å². The predicted molar refractivity (Wildman–Crippen MR) is 240 cm³/mol. The van der Waals surface area contributed by atoms with Crippen molar-refractivity contribution in [2.45, 2.75) is 162 Å². The van der Waals surface area contributed by atoms with Crippen LogP contribution in [0.2, 0.25) is 0 Å². The minimum Gasteiger partial charge on any atom is -0.756 e. The van der Waals surface area contributed by atoms with Crippen molar-refractivity contribution in [3.05, 3.63) is 83.4 Å². The maximum atomic E-state index is 12.8. The van der Waals surface area contributed by atoms with Crippen LogP contribution in [0.1, 0.15) is 146 Å². The first kappa shape index (κ1) is 55.0. The van der Waals surface area contributed by atoms with Crippen molar-refractivity contribution in [2.75, 3.05) is 47.5 Å². The average molecular weight is 862 g/mol. The van der Waals surface area contributed by atoms with Gasteiger partial charge in [-0.05, 0) is 82.8 Å². The summed E-state index contributed by atoms with van der Waals surface area (Å²) in [5, 5.41) is 9.78. The Morgan fingerprint density at radius 1 is 0.750 bits per heavy atom. The Hall–Kier alpha value is -3.05. The average Bonchev–Trinajstić information content (AvgIpc) is 3.46. The number of aryl methyl sites for hydroxylation is 2. The fourth-order valence-corrected chi connectivity index (χ4v) is 6.73. The molecule has 1 aromatic heterocycles. The highest BCUT2D eigenvalue weighted by molar-refractivity contribution is 7.45. The molecule has 0 amide bonds. The van der Waals surface area contributed by atoms with Crippen molar-refractivity contribution >= 4 is 19.8 Å². The number of furan rings is 1. The molecule has 3 atom stereocenters. The number of unbranched alkanes of at least 4 members (excludes halogenated alkanes) is 8. The number of rotatable bonds is 36. The Morgan fingerprint density at radius 2 is 1.35 bits per heavy atom. The number of carbonyl (C=O) groups is 2. The summed E-state index contributed by atoms with van der Waals surface area (Å²) in [6.45, 7) is 8.13. The van der Waals surface area contributed by atoms with Gasteiger partial charge in [0.05, 0.1) is 33.9 Å². The summed E-state index contributed by atoms with van der Waals surface area (Å²) in [5.74, 6) is 1.29. The third-order valence-electron chi connectivity index (χ3n) is 9.83. The number of quaternary nitrogens is 1. The van der Waals surface area contributed by atoms with Gasteiger partial charge in [-0.25, -0.2) is 0 Å². The minimum atomic E-state index is -4.67. The molecular weight excluding hydrogens is 781 g/mol. The van der Waals surface area contributed by atoms with E-state index in [4.69, 9.17) is 22.9 Å². The van der Waals surface area contributed by atoms with Gasteiger partial charge in [-0.1, -0.05) is 113 Å². The highest BCUT2D eigenvalue weighted by Gasteiger charge is 2.22. The quantitative estimate of drug-likeness (QED) is 0.0173. The molecule has 11 nitrogen and oxygen atoms in total. The number of hydrogen-bond acceptors (Lipinski definition) is 10. The van der Waals surface area contributed by atoms with Gasteiger partial charge < -0.3 is 37.4 Å². The number of hydrogen-bond donors (Lipinski definition) is 1. The first-order chi connectivity index (χ1) is 28.7. The fraction of sp³-hybridized carbons (Fsp3) is 0.667. The number of likely N-dealkylation sites (N-methyl/N-ethyl adjacent to an activating group) is 1. The van der Waals surface area contributed by atoms with E-state index in [2.05, 4.69) is 32.9 Å². The van der Waals surface area contributed by atoms with E-state index in [1.165, 1.54) is 24.0 Å². The van der Waals surface area contributed by atoms with Gasteiger partial charge in [-0.2, -0.15) is 0 Å². The Bertz CT molecular complexity index is 1500. The number of esters is 2. The maximum absolute atomic E-state index is 12.8. The number of phosphoric ester groups is 1. The third-order valence-corrected chi connectivity index (χ3v) is 10.8. The van der Waals surface area contributed by atoms with E-state index in [9.17, 15) is 24.2 Å². The lowest BCUT2D eigenvalue weighted by Crippen LogP contribution is -2.37. The van der Waals surface area contributed by atoms with Crippen molar-refractivity contribution in [3.63, 3.8) is 0 Å². The molecule has 1 rings (SSSR count). The summed E-state index contributed by atoms with van der Waals surface area (Å²) in [4.78, 5) is 37.7. The molecule has 0 aliphatic carbocycles. The Morgan fingerprint density at radius 3 is 2.02 bits per heavy atom. The molecule has 342 valence electrons. The van der Waals surface area contributed by atoms with Gasteiger partial charge in [-0.15, -0.1) is 0 Å². The summed E-state index contributed by atoms with van der Waals surface area (Å²) in [7, 11) is 1.07. The van der Waals surface area contributed by atoms with Gasteiger partial charge in [0.15, 0.2) is 6.10 Å². The van der Waals surface area contributed by atoms with E-state index in [-0.39, 0.29) is 26.1 Å². The zero-order valence-corrected chi connectivity index (χ0v) is 39.1. The van der Waals surface area contributed by atoms with Gasteiger partial charge in [-0.3, -0.25) is 14.2 Å². The minimum absolute atomic E-state index is 0.0589. The van der Waals surface area contributed by atoms with Crippen molar-refractivity contribution in [1.29, 1.82) is 0 Å². The molecule has 0 spiro atoms. The Labute approximate surface area is 363 Å². The second-order valence-electron chi connectivity index (χ2n) is 16.5. The number of allylic oxidation sites excluding steroid dienone is 8. The lowest BCUT2D eigenvalue weighted by Gasteiger charge is -2.28. The smallest absolute Gasteiger partial charge is 0.306 e. The molecular formula is C48H80NO10P. The van der Waals surface area contributed by atoms with E-state index < -0.39 is 38.6 Å². The molecule has 0 fully saturated rings. The van der Waals surface area contributed by atoms with Crippen molar-refractivity contribution in [3.8, 4) is 0 Å². The molecule has 0 aliphatic rings. The molecule has 2 unspecified atom stereocenters. The van der Waals surface area contributed by atoms with E-state index >= 15 is 0 Å². The number of aliphatic hydroxyl groups is 1. The number of aliphatic hydroxyl groups excluding tert-OH is 1. The molecule has 60 heavy (non-hydrogen) atoms. The highest BCUT2D eigenvalue weighted by atomic mass is 31.2. The summed E-state index contributed by atoms with van der Waals surface area (Å²) >= 11 is 0. The van der Waals surface area contributed by atoms with Crippen molar-refractivity contribution in [2.24, 2.45) is 0 Å². The largest absolute Gasteiger partial charge is 0.756 e. The first-order valence-corrected chi connectivity index (χ1v) is 23.9. The van der Waals surface area contributed by atoms with E-state index in [1.54, 1.807) is 0 Å². The van der Waals surface area contributed by atoms with Crippen molar-refractivity contribution in [1.82, 2.24) is 0 Å². The van der Waals surface area contributed by atoms with Crippen LogP contribution in [-0.2, 0) is 45.5 Å². The molecule has 1 aromatic rings. The molecule has 1 N–H and O–H groups in total. The summed E-state index contributed by atoms with van der Waals surface area (Å²) in [6.07, 6.45) is 34.3. The molecule has 1 heterocycles. The monoisotopic (exact) mass is 862 g/mol. The van der Waals surface area contributed by atoms with Crippen LogP contribution in [0.4, 0.5) is 0 Å². The topological polar surface area (TPSA) is 145 Å². The zero-order chi connectivity index (χ0) is 44.5. The van der Waals surface area contributed by atoms with Crippen LogP contribution in [0.15, 0.2) is 65.2 Å². The number of nitrogens with zero attached hydrogens (tertiary/aromatic N) is 1. The van der Waals surface area contributed by atoms with Gasteiger partial charge in [0.1, 0.15) is 31.3 Å². The van der Waals surface area contributed by atoms with Crippen LogP contribution in [-0.4, -0.2) is 81.2 Å². The number of phosphoric acid groups is 1. The van der Waals surface area contributed by atoms with E-state index in [1.807, 2.05) is 76.7 Å². The number of ether oxygens (including phenoxy) is 2. The molecule has 12 heteroatoms. The standard InChI is InChI=1S/C48H80NO10P/c1-8-10-26-33-45-41(3)42(4)46(59-45)34-28-23-20-21-25-30-36-48(52)58-44(40-57-60(53,54)56-38-37-49(5,6)7)39-55-47(51)35-29-24-19-17-15-13-12-14-16-18-22-27-32-43(50)31-11-9-2/h11-13,16-19,22,27,31,43-44,50H,8-10,14-15,20-21,23-26,28-30,32-40H2,1-7H3/b13-12-,18-16-,19-17-,27-22+,31-11-/t43?,44-/m1/s1. The Kier molecular flexibility index (Phi) is 30.7. The normalized spacial score (nSPS) is 14.6. The van der Waals surface area contributed by atoms with Crippen LogP contribution >= 0.6 is 7.82 Å². The third kappa shape index (κ3) is 30.1. The maximum Gasteiger partial charge on any atom is 0.306 e. The lowest BCUT2D eigenvalue weighted by atomic mass is 10.0. The molecule has 0 aromatic carbocycles. The van der Waals surface area contributed by atoms with Crippen LogP contribution in [0.5, 0.6) is 0 Å². The Balaban J connectivity index is 2.44. The van der Waals surface area contributed by atoms with Crippen LogP contribution in [0.3, 0.4) is 0 Å². The van der Waals surface area contributed by atoms with Crippen molar-refractivity contribution < 1.29 is 51.6 Å². The second-order valence-corrected chi connectivity index (χ2v) is 17.9. The molecule has 0 radical (unpaired) electrons. The highest BCUT2D eigenvalue weighted by Crippen LogP contribution is 2.38. The molecule has 0 saturated heterocycles.